The Bertz CT molecular complexity index is 1050. The summed E-state index contributed by atoms with van der Waals surface area (Å²) < 4.78 is 4.96. The topological polar surface area (TPSA) is 121 Å². The Morgan fingerprint density at radius 3 is 2.61 bits per heavy atom. The normalized spacial score (nSPS) is 21.1. The lowest BCUT2D eigenvalue weighted by Crippen LogP contribution is -2.47. The number of likely N-dealkylation sites (tertiary alicyclic amines) is 1. The number of fused-ring (bicyclic) bond motifs is 2. The molecule has 3 amide bonds. The highest BCUT2D eigenvalue weighted by molar-refractivity contribution is 6.32. The first-order valence-electron chi connectivity index (χ1n) is 8.35. The number of rotatable bonds is 4. The van der Waals surface area contributed by atoms with Crippen molar-refractivity contribution >= 4 is 41.0 Å². The number of carboxylic acid groups (broad SMARTS) is 1. The van der Waals surface area contributed by atoms with Crippen molar-refractivity contribution in [3.05, 3.63) is 46.3 Å². The molecule has 1 atom stereocenters. The number of carbonyl (C=O) groups is 4. The number of amides is 3. The van der Waals surface area contributed by atoms with Crippen molar-refractivity contribution in [2.24, 2.45) is 0 Å². The van der Waals surface area contributed by atoms with Gasteiger partial charge in [0.25, 0.3) is 0 Å². The highest BCUT2D eigenvalue weighted by atomic mass is 35.5. The fourth-order valence-electron chi connectivity index (χ4n) is 3.77. The first-order valence-corrected chi connectivity index (χ1v) is 8.72. The Morgan fingerprint density at radius 1 is 1.25 bits per heavy atom. The predicted molar refractivity (Wildman–Crippen MR) is 94.5 cm³/mol. The van der Waals surface area contributed by atoms with Gasteiger partial charge in [0.05, 0.1) is 13.0 Å². The molecule has 2 aliphatic rings. The maximum Gasteiger partial charge on any atom is 0.323 e. The van der Waals surface area contributed by atoms with Crippen LogP contribution < -0.4 is 4.90 Å². The number of aliphatic carboxylic acids is 1. The summed E-state index contributed by atoms with van der Waals surface area (Å²) in [6.45, 7) is 0.909. The number of benzene rings is 1. The number of carbonyl (C=O) groups excluding carboxylic acids is 3. The van der Waals surface area contributed by atoms with E-state index in [9.17, 15) is 19.2 Å². The first kappa shape index (κ1) is 18.2. The van der Waals surface area contributed by atoms with Crippen LogP contribution in [0.3, 0.4) is 0 Å². The second-order valence-electron chi connectivity index (χ2n) is 6.74. The van der Waals surface area contributed by atoms with E-state index in [4.69, 9.17) is 21.2 Å². The van der Waals surface area contributed by atoms with E-state index in [0.29, 0.717) is 11.5 Å². The highest BCUT2D eigenvalue weighted by Gasteiger charge is 2.64. The maximum atomic E-state index is 13.3. The number of anilines is 1. The summed E-state index contributed by atoms with van der Waals surface area (Å²) in [5.74, 6) is -2.74. The lowest BCUT2D eigenvalue weighted by Gasteiger charge is -2.21. The molecule has 1 N–H and O–H groups in total. The Balaban J connectivity index is 1.79. The minimum Gasteiger partial charge on any atom is -0.480 e. The van der Waals surface area contributed by atoms with E-state index in [-0.39, 0.29) is 22.8 Å². The molecule has 9 nitrogen and oxygen atoms in total. The third-order valence-electron chi connectivity index (χ3n) is 4.94. The summed E-state index contributed by atoms with van der Waals surface area (Å²) in [7, 11) is 0. The average Bonchev–Trinajstić information content (AvgIpc) is 3.22. The lowest BCUT2D eigenvalue weighted by atomic mass is 9.80. The molecule has 28 heavy (non-hydrogen) atoms. The zero-order valence-corrected chi connectivity index (χ0v) is 15.4. The molecular weight excluding hydrogens is 390 g/mol. The van der Waals surface area contributed by atoms with Crippen molar-refractivity contribution in [2.45, 2.75) is 25.3 Å². The van der Waals surface area contributed by atoms with Gasteiger partial charge >= 0.3 is 5.97 Å². The van der Waals surface area contributed by atoms with Crippen molar-refractivity contribution in [2.75, 3.05) is 11.4 Å². The fourth-order valence-corrected chi connectivity index (χ4v) is 3.94. The van der Waals surface area contributed by atoms with Crippen molar-refractivity contribution < 1.29 is 28.8 Å². The van der Waals surface area contributed by atoms with Crippen LogP contribution in [0.1, 0.15) is 23.4 Å². The minimum atomic E-state index is -1.81. The van der Waals surface area contributed by atoms with Gasteiger partial charge in [0.1, 0.15) is 18.0 Å². The summed E-state index contributed by atoms with van der Waals surface area (Å²) in [6, 6.07) is 6.00. The van der Waals surface area contributed by atoms with Gasteiger partial charge in [-0.1, -0.05) is 16.8 Å². The Hall–Kier alpha value is -3.20. The maximum absolute atomic E-state index is 13.3. The van der Waals surface area contributed by atoms with E-state index in [0.717, 1.165) is 9.80 Å². The van der Waals surface area contributed by atoms with Gasteiger partial charge in [-0.15, -0.1) is 0 Å². The molecule has 1 saturated heterocycles. The van der Waals surface area contributed by atoms with Crippen molar-refractivity contribution in [1.82, 2.24) is 10.1 Å². The van der Waals surface area contributed by atoms with Gasteiger partial charge in [-0.2, -0.15) is 0 Å². The van der Waals surface area contributed by atoms with Gasteiger partial charge in [-0.05, 0) is 25.1 Å². The third kappa shape index (κ3) is 2.50. The third-order valence-corrected chi connectivity index (χ3v) is 5.17. The van der Waals surface area contributed by atoms with E-state index >= 15 is 0 Å². The molecule has 1 aromatic heterocycles. The predicted octanol–water partition coefficient (Wildman–Crippen LogP) is 1.26. The fraction of sp³-hybridized carbons (Fsp3) is 0.278. The Morgan fingerprint density at radius 2 is 1.96 bits per heavy atom. The van der Waals surface area contributed by atoms with E-state index in [1.54, 1.807) is 13.0 Å². The molecule has 0 saturated carbocycles. The molecular formula is C18H14ClN3O6. The van der Waals surface area contributed by atoms with Gasteiger partial charge in [0.2, 0.25) is 17.7 Å². The van der Waals surface area contributed by atoms with Crippen molar-refractivity contribution in [3.63, 3.8) is 0 Å². The number of imide groups is 1. The largest absolute Gasteiger partial charge is 0.480 e. The molecule has 144 valence electrons. The van der Waals surface area contributed by atoms with Crippen LogP contribution in [0.15, 0.2) is 28.8 Å². The van der Waals surface area contributed by atoms with Crippen LogP contribution in [-0.2, 0) is 31.1 Å². The summed E-state index contributed by atoms with van der Waals surface area (Å²) in [5, 5.41) is 13.2. The zero-order chi connectivity index (χ0) is 20.2. The highest BCUT2D eigenvalue weighted by Crippen LogP contribution is 2.49. The number of halogens is 1. The summed E-state index contributed by atoms with van der Waals surface area (Å²) in [6.07, 6.45) is -0.398. The molecule has 0 bridgehead atoms. The molecule has 1 spiro atoms. The zero-order valence-electron chi connectivity index (χ0n) is 14.6. The number of hydrogen-bond acceptors (Lipinski definition) is 6. The van der Waals surface area contributed by atoms with Crippen LogP contribution in [0.5, 0.6) is 0 Å². The van der Waals surface area contributed by atoms with Gasteiger partial charge in [0, 0.05) is 22.3 Å². The molecule has 1 fully saturated rings. The van der Waals surface area contributed by atoms with Crippen LogP contribution in [-0.4, -0.2) is 45.4 Å². The average molecular weight is 404 g/mol. The molecule has 4 rings (SSSR count). The van der Waals surface area contributed by atoms with Gasteiger partial charge in [-0.25, -0.2) is 0 Å². The standard InChI is InChI=1S/C18H14ClN3O6/c1-9-4-11(20-28-9)7-22-14(23)6-18(17(22)27)12-5-10(19)2-3-13(12)21(16(18)26)8-15(24)25/h2-5H,6-8H2,1H3,(H,24,25)/t18-/m1/s1. The van der Waals surface area contributed by atoms with Gasteiger partial charge in [-0.3, -0.25) is 29.0 Å². The van der Waals surface area contributed by atoms with E-state index in [1.807, 2.05) is 0 Å². The SMILES string of the molecule is Cc1cc(CN2C(=O)C[C@]3(C2=O)C(=O)N(CC(=O)O)c2ccc(Cl)cc23)no1. The Labute approximate surface area is 163 Å². The number of aromatic nitrogens is 1. The summed E-state index contributed by atoms with van der Waals surface area (Å²) >= 11 is 6.06. The number of hydrogen-bond donors (Lipinski definition) is 1. The summed E-state index contributed by atoms with van der Waals surface area (Å²) in [5.41, 5.74) is -0.943. The molecule has 10 heteroatoms. The minimum absolute atomic E-state index is 0.140. The monoisotopic (exact) mass is 403 g/mol. The second kappa shape index (κ2) is 6.16. The van der Waals surface area contributed by atoms with Crippen LogP contribution in [0.2, 0.25) is 5.02 Å². The second-order valence-corrected chi connectivity index (χ2v) is 7.18. The smallest absolute Gasteiger partial charge is 0.323 e. The van der Waals surface area contributed by atoms with Gasteiger partial charge < -0.3 is 9.63 Å². The number of aryl methyl sites for hydroxylation is 1. The molecule has 0 radical (unpaired) electrons. The lowest BCUT2D eigenvalue weighted by molar-refractivity contribution is -0.143. The number of nitrogens with zero attached hydrogens (tertiary/aromatic N) is 3. The van der Waals surface area contributed by atoms with Crippen LogP contribution in [0, 0.1) is 6.92 Å². The summed E-state index contributed by atoms with van der Waals surface area (Å²) in [4.78, 5) is 52.3. The molecule has 2 aliphatic heterocycles. The quantitative estimate of drug-likeness (QED) is 0.602. The molecule has 1 aromatic carbocycles. The van der Waals surface area contributed by atoms with Crippen molar-refractivity contribution in [3.8, 4) is 0 Å². The van der Waals surface area contributed by atoms with Gasteiger partial charge in [0.15, 0.2) is 5.41 Å². The van der Waals surface area contributed by atoms with Crippen LogP contribution >= 0.6 is 11.6 Å². The van der Waals surface area contributed by atoms with E-state index < -0.39 is 42.1 Å². The molecule has 0 aliphatic carbocycles. The van der Waals surface area contributed by atoms with E-state index in [2.05, 4.69) is 5.16 Å². The molecule has 2 aromatic rings. The Kier molecular flexibility index (Phi) is 4.00. The van der Waals surface area contributed by atoms with Crippen LogP contribution in [0.25, 0.3) is 0 Å². The first-order chi connectivity index (χ1) is 13.2. The van der Waals surface area contributed by atoms with Crippen molar-refractivity contribution in [1.29, 1.82) is 0 Å². The number of carboxylic acids is 1. The van der Waals surface area contributed by atoms with Crippen LogP contribution in [0.4, 0.5) is 5.69 Å². The molecule has 3 heterocycles. The molecule has 0 unspecified atom stereocenters. The van der Waals surface area contributed by atoms with E-state index in [1.165, 1.54) is 18.2 Å².